The van der Waals surface area contributed by atoms with Gasteiger partial charge in [0, 0.05) is 6.04 Å². The summed E-state index contributed by atoms with van der Waals surface area (Å²) in [5, 5.41) is 0. The van der Waals surface area contributed by atoms with Gasteiger partial charge in [-0.1, -0.05) is 19.1 Å². The van der Waals surface area contributed by atoms with E-state index in [1.54, 1.807) is 7.11 Å². The molecule has 0 spiro atoms. The average molecular weight is 236 g/mol. The van der Waals surface area contributed by atoms with Crippen molar-refractivity contribution in [3.63, 3.8) is 0 Å². The molecule has 2 N–H and O–H groups in total. The predicted molar refractivity (Wildman–Crippen MR) is 72.3 cm³/mol. The Bertz CT molecular complexity index is 365. The highest BCUT2D eigenvalue weighted by Crippen LogP contribution is 2.30. The average Bonchev–Trinajstić information content (AvgIpc) is 2.36. The van der Waals surface area contributed by atoms with E-state index in [4.69, 9.17) is 10.5 Å². The first kappa shape index (κ1) is 14.0. The summed E-state index contributed by atoms with van der Waals surface area (Å²) in [6, 6.07) is 8.31. The van der Waals surface area contributed by atoms with E-state index >= 15 is 0 Å². The van der Waals surface area contributed by atoms with Crippen molar-refractivity contribution in [2.45, 2.75) is 31.8 Å². The number of nitrogens with zero attached hydrogens (tertiary/aromatic N) is 1. The first-order valence-electron chi connectivity index (χ1n) is 6.05. The first-order chi connectivity index (χ1) is 7.95. The fraction of sp³-hybridized carbons (Fsp3) is 0.571. The number of hydrogen-bond acceptors (Lipinski definition) is 3. The molecule has 0 aromatic heterocycles. The van der Waals surface area contributed by atoms with Crippen molar-refractivity contribution in [3.8, 4) is 5.75 Å². The van der Waals surface area contributed by atoms with Gasteiger partial charge in [-0.3, -0.25) is 0 Å². The Balaban J connectivity index is 3.15. The van der Waals surface area contributed by atoms with Crippen LogP contribution in [0.15, 0.2) is 24.3 Å². The molecule has 3 nitrogen and oxygen atoms in total. The molecule has 0 aliphatic carbocycles. The van der Waals surface area contributed by atoms with Crippen LogP contribution in [0.2, 0.25) is 0 Å². The van der Waals surface area contributed by atoms with Crippen molar-refractivity contribution >= 4 is 0 Å². The van der Waals surface area contributed by atoms with Crippen LogP contribution in [-0.4, -0.2) is 32.1 Å². The molecule has 0 radical (unpaired) electrons. The third-order valence-electron chi connectivity index (χ3n) is 3.71. The lowest BCUT2D eigenvalue weighted by atomic mass is 9.81. The van der Waals surface area contributed by atoms with Gasteiger partial charge in [0.1, 0.15) is 5.75 Å². The van der Waals surface area contributed by atoms with Crippen LogP contribution in [0.3, 0.4) is 0 Å². The van der Waals surface area contributed by atoms with Gasteiger partial charge in [-0.05, 0) is 45.1 Å². The highest BCUT2D eigenvalue weighted by molar-refractivity contribution is 5.34. The van der Waals surface area contributed by atoms with Crippen LogP contribution >= 0.6 is 0 Å². The van der Waals surface area contributed by atoms with Crippen molar-refractivity contribution in [2.24, 2.45) is 5.73 Å². The summed E-state index contributed by atoms with van der Waals surface area (Å²) in [5.74, 6) is 0.858. The summed E-state index contributed by atoms with van der Waals surface area (Å²) in [6.45, 7) is 4.28. The fourth-order valence-electron chi connectivity index (χ4n) is 2.11. The Morgan fingerprint density at radius 1 is 1.41 bits per heavy atom. The number of rotatable bonds is 5. The molecule has 0 bridgehead atoms. The molecule has 17 heavy (non-hydrogen) atoms. The molecular weight excluding hydrogens is 212 g/mol. The molecule has 0 amide bonds. The van der Waals surface area contributed by atoms with Crippen molar-refractivity contribution in [2.75, 3.05) is 21.2 Å². The van der Waals surface area contributed by atoms with Crippen molar-refractivity contribution < 1.29 is 4.74 Å². The molecular formula is C14H24N2O. The van der Waals surface area contributed by atoms with Gasteiger partial charge in [-0.15, -0.1) is 0 Å². The van der Waals surface area contributed by atoms with E-state index in [1.807, 2.05) is 18.2 Å². The first-order valence-corrected chi connectivity index (χ1v) is 6.05. The van der Waals surface area contributed by atoms with Crippen LogP contribution in [0.1, 0.15) is 25.8 Å². The Hall–Kier alpha value is -1.06. The number of hydrogen-bond donors (Lipinski definition) is 1. The molecule has 3 heteroatoms. The molecule has 0 aliphatic heterocycles. The maximum absolute atomic E-state index is 6.59. The van der Waals surface area contributed by atoms with E-state index in [0.29, 0.717) is 0 Å². The van der Waals surface area contributed by atoms with Crippen LogP contribution in [0, 0.1) is 0 Å². The van der Waals surface area contributed by atoms with Gasteiger partial charge >= 0.3 is 0 Å². The standard InChI is InChI=1S/C14H24N2O/c1-6-14(15,11(2)16(3)4)12-8-7-9-13(10-12)17-5/h7-11H,6,15H2,1-5H3. The van der Waals surface area contributed by atoms with Crippen molar-refractivity contribution in [1.29, 1.82) is 0 Å². The molecule has 96 valence electrons. The van der Waals surface area contributed by atoms with Gasteiger partial charge in [0.15, 0.2) is 0 Å². The summed E-state index contributed by atoms with van der Waals surface area (Å²) in [5.41, 5.74) is 7.37. The molecule has 2 atom stereocenters. The minimum Gasteiger partial charge on any atom is -0.497 e. The zero-order valence-electron chi connectivity index (χ0n) is 11.5. The topological polar surface area (TPSA) is 38.5 Å². The summed E-state index contributed by atoms with van der Waals surface area (Å²) >= 11 is 0. The SMILES string of the molecule is CCC(N)(c1cccc(OC)c1)C(C)N(C)C. The summed E-state index contributed by atoms with van der Waals surface area (Å²) < 4.78 is 5.27. The second-order valence-corrected chi connectivity index (χ2v) is 4.77. The Morgan fingerprint density at radius 2 is 2.06 bits per heavy atom. The van der Waals surface area contributed by atoms with E-state index in [2.05, 4.69) is 38.9 Å². The summed E-state index contributed by atoms with van der Waals surface area (Å²) in [7, 11) is 5.79. The summed E-state index contributed by atoms with van der Waals surface area (Å²) in [4.78, 5) is 2.16. The second kappa shape index (κ2) is 5.52. The maximum Gasteiger partial charge on any atom is 0.119 e. The normalized spacial score (nSPS) is 16.6. The van der Waals surface area contributed by atoms with Crippen molar-refractivity contribution in [1.82, 2.24) is 4.90 Å². The lowest BCUT2D eigenvalue weighted by Gasteiger charge is -2.39. The number of methoxy groups -OCH3 is 1. The van der Waals surface area contributed by atoms with Gasteiger partial charge in [0.25, 0.3) is 0 Å². The molecule has 2 unspecified atom stereocenters. The zero-order chi connectivity index (χ0) is 13.1. The minimum absolute atomic E-state index is 0.264. The van der Waals surface area contributed by atoms with Crippen LogP contribution in [0.5, 0.6) is 5.75 Å². The minimum atomic E-state index is -0.349. The maximum atomic E-state index is 6.59. The quantitative estimate of drug-likeness (QED) is 0.852. The number of likely N-dealkylation sites (N-methyl/N-ethyl adjacent to an activating group) is 1. The van der Waals surface area contributed by atoms with E-state index in [1.165, 1.54) is 0 Å². The van der Waals surface area contributed by atoms with E-state index in [9.17, 15) is 0 Å². The fourth-order valence-corrected chi connectivity index (χ4v) is 2.11. The molecule has 1 aromatic rings. The molecule has 0 saturated carbocycles. The van der Waals surface area contributed by atoms with Crippen LogP contribution in [-0.2, 0) is 5.54 Å². The monoisotopic (exact) mass is 236 g/mol. The Labute approximate surface area is 105 Å². The highest BCUT2D eigenvalue weighted by Gasteiger charge is 2.33. The third-order valence-corrected chi connectivity index (χ3v) is 3.71. The Morgan fingerprint density at radius 3 is 2.53 bits per heavy atom. The van der Waals surface area contributed by atoms with Crippen molar-refractivity contribution in [3.05, 3.63) is 29.8 Å². The molecule has 1 rings (SSSR count). The van der Waals surface area contributed by atoms with Crippen LogP contribution < -0.4 is 10.5 Å². The smallest absolute Gasteiger partial charge is 0.119 e. The van der Waals surface area contributed by atoms with Gasteiger partial charge < -0.3 is 15.4 Å². The van der Waals surface area contributed by atoms with E-state index < -0.39 is 0 Å². The Kier molecular flexibility index (Phi) is 4.54. The van der Waals surface area contributed by atoms with Gasteiger partial charge in [0.2, 0.25) is 0 Å². The van der Waals surface area contributed by atoms with Crippen LogP contribution in [0.25, 0.3) is 0 Å². The van der Waals surface area contributed by atoms with Gasteiger partial charge in [-0.2, -0.15) is 0 Å². The predicted octanol–water partition coefficient (Wildman–Crippen LogP) is 2.21. The summed E-state index contributed by atoms with van der Waals surface area (Å²) in [6.07, 6.45) is 0.888. The lowest BCUT2D eigenvalue weighted by molar-refractivity contribution is 0.186. The van der Waals surface area contributed by atoms with E-state index in [-0.39, 0.29) is 11.6 Å². The largest absolute Gasteiger partial charge is 0.497 e. The molecule has 0 fully saturated rings. The molecule has 0 saturated heterocycles. The van der Waals surface area contributed by atoms with Crippen LogP contribution in [0.4, 0.5) is 0 Å². The van der Waals surface area contributed by atoms with Gasteiger partial charge in [0.05, 0.1) is 12.6 Å². The van der Waals surface area contributed by atoms with Gasteiger partial charge in [-0.25, -0.2) is 0 Å². The molecule has 0 heterocycles. The van der Waals surface area contributed by atoms with E-state index in [0.717, 1.165) is 17.7 Å². The third kappa shape index (κ3) is 2.79. The number of ether oxygens (including phenoxy) is 1. The molecule has 0 aliphatic rings. The lowest BCUT2D eigenvalue weighted by Crippen LogP contribution is -2.52. The highest BCUT2D eigenvalue weighted by atomic mass is 16.5. The zero-order valence-corrected chi connectivity index (χ0v) is 11.5. The number of nitrogens with two attached hydrogens (primary N) is 1. The second-order valence-electron chi connectivity index (χ2n) is 4.77. The number of benzene rings is 1. The molecule has 1 aromatic carbocycles.